The van der Waals surface area contributed by atoms with Crippen LogP contribution in [0.1, 0.15) is 33.4 Å². The molecule has 1 heterocycles. The van der Waals surface area contributed by atoms with Crippen LogP contribution in [0.2, 0.25) is 0 Å². The van der Waals surface area contributed by atoms with Gasteiger partial charge in [0.25, 0.3) is 0 Å². The first kappa shape index (κ1) is 21.1. The lowest BCUT2D eigenvalue weighted by Crippen LogP contribution is -2.16. The van der Waals surface area contributed by atoms with Crippen LogP contribution in [0.25, 0.3) is 11.3 Å². The molecule has 29 heavy (non-hydrogen) atoms. The summed E-state index contributed by atoms with van der Waals surface area (Å²) in [5, 5.41) is 12.4. The largest absolute Gasteiger partial charge is 0.325 e. The van der Waals surface area contributed by atoms with Crippen molar-refractivity contribution in [3.63, 3.8) is 0 Å². The number of hydrogen-bond donors (Lipinski definition) is 1. The lowest BCUT2D eigenvalue weighted by molar-refractivity contribution is -0.113. The normalized spacial score (nSPS) is 10.8. The van der Waals surface area contributed by atoms with Gasteiger partial charge in [-0.2, -0.15) is 0 Å². The van der Waals surface area contributed by atoms with Gasteiger partial charge in [-0.15, -0.1) is 10.2 Å². The van der Waals surface area contributed by atoms with Crippen molar-refractivity contribution >= 4 is 23.4 Å². The highest BCUT2D eigenvalue weighted by Gasteiger charge is 2.11. The number of thioether (sulfide) groups is 1. The van der Waals surface area contributed by atoms with Gasteiger partial charge in [-0.05, 0) is 87.6 Å². The minimum atomic E-state index is -0.0408. The van der Waals surface area contributed by atoms with Crippen LogP contribution in [0.15, 0.2) is 41.4 Å². The molecule has 0 radical (unpaired) electrons. The zero-order valence-electron chi connectivity index (χ0n) is 17.9. The molecule has 3 aromatic rings. The topological polar surface area (TPSA) is 54.9 Å². The van der Waals surface area contributed by atoms with Crippen molar-refractivity contribution in [2.75, 3.05) is 11.1 Å². The summed E-state index contributed by atoms with van der Waals surface area (Å²) in [6.45, 7) is 12.4. The minimum absolute atomic E-state index is 0.0408. The van der Waals surface area contributed by atoms with Gasteiger partial charge in [0.2, 0.25) is 5.91 Å². The summed E-state index contributed by atoms with van der Waals surface area (Å²) in [5.41, 5.74) is 9.90. The van der Waals surface area contributed by atoms with E-state index in [-0.39, 0.29) is 5.91 Å². The van der Waals surface area contributed by atoms with Crippen LogP contribution in [0, 0.1) is 41.5 Å². The Morgan fingerprint density at radius 3 is 2.10 bits per heavy atom. The summed E-state index contributed by atoms with van der Waals surface area (Å²) in [5.74, 6) is 0.254. The molecular formula is C24H27N3OS. The fourth-order valence-corrected chi connectivity index (χ4v) is 4.08. The Bertz CT molecular complexity index is 1040. The van der Waals surface area contributed by atoms with Crippen LogP contribution < -0.4 is 5.32 Å². The van der Waals surface area contributed by atoms with Gasteiger partial charge in [-0.1, -0.05) is 35.5 Å². The van der Waals surface area contributed by atoms with E-state index < -0.39 is 0 Å². The van der Waals surface area contributed by atoms with E-state index in [0.717, 1.165) is 33.1 Å². The van der Waals surface area contributed by atoms with Crippen molar-refractivity contribution in [1.29, 1.82) is 0 Å². The molecule has 4 nitrogen and oxygen atoms in total. The molecule has 3 rings (SSSR count). The molecule has 150 valence electrons. The predicted molar refractivity (Wildman–Crippen MR) is 122 cm³/mol. The number of aromatic nitrogens is 2. The maximum atomic E-state index is 12.4. The van der Waals surface area contributed by atoms with Gasteiger partial charge < -0.3 is 5.32 Å². The Morgan fingerprint density at radius 1 is 0.828 bits per heavy atom. The highest BCUT2D eigenvalue weighted by Crippen LogP contribution is 2.26. The lowest BCUT2D eigenvalue weighted by Gasteiger charge is -2.12. The zero-order valence-corrected chi connectivity index (χ0v) is 18.7. The quantitative estimate of drug-likeness (QED) is 0.551. The first-order valence-electron chi connectivity index (χ1n) is 9.67. The average molecular weight is 406 g/mol. The van der Waals surface area contributed by atoms with E-state index in [9.17, 15) is 4.79 Å². The summed E-state index contributed by atoms with van der Waals surface area (Å²) in [6, 6.07) is 12.4. The number of amides is 1. The molecule has 0 bridgehead atoms. The Balaban J connectivity index is 1.65. The van der Waals surface area contributed by atoms with E-state index in [1.54, 1.807) is 0 Å². The number of benzene rings is 2. The Hall–Kier alpha value is -2.66. The summed E-state index contributed by atoms with van der Waals surface area (Å²) in [7, 11) is 0. The van der Waals surface area contributed by atoms with Gasteiger partial charge in [0.15, 0.2) is 0 Å². The number of nitrogens with one attached hydrogen (secondary N) is 1. The van der Waals surface area contributed by atoms with Crippen LogP contribution in [0.5, 0.6) is 0 Å². The average Bonchev–Trinajstić information content (AvgIpc) is 2.66. The van der Waals surface area contributed by atoms with E-state index >= 15 is 0 Å². The van der Waals surface area contributed by atoms with Crippen LogP contribution in [-0.4, -0.2) is 21.9 Å². The maximum absolute atomic E-state index is 12.4. The molecule has 0 spiro atoms. The van der Waals surface area contributed by atoms with Crippen molar-refractivity contribution in [2.24, 2.45) is 0 Å². The molecule has 1 aromatic heterocycles. The molecule has 0 unspecified atom stereocenters. The molecular weight excluding hydrogens is 378 g/mol. The van der Waals surface area contributed by atoms with Crippen LogP contribution >= 0.6 is 11.8 Å². The smallest absolute Gasteiger partial charge is 0.234 e. The van der Waals surface area contributed by atoms with Crippen molar-refractivity contribution in [2.45, 2.75) is 46.6 Å². The molecule has 0 atom stereocenters. The second-order valence-electron chi connectivity index (χ2n) is 7.62. The standard InChI is InChI=1S/C24H27N3OS/c1-14-9-18(5)24(19(6)10-14)25-22(28)13-29-23-8-7-21(26-27-23)20-12-16(3)15(2)11-17(20)4/h7-12H,13H2,1-6H3,(H,25,28). The number of anilines is 1. The highest BCUT2D eigenvalue weighted by atomic mass is 32.2. The molecule has 1 N–H and O–H groups in total. The van der Waals surface area contributed by atoms with Gasteiger partial charge in [0, 0.05) is 11.3 Å². The summed E-state index contributed by atoms with van der Waals surface area (Å²) in [6.07, 6.45) is 0. The van der Waals surface area contributed by atoms with E-state index in [1.807, 2.05) is 26.0 Å². The number of hydrogen-bond acceptors (Lipinski definition) is 4. The third kappa shape index (κ3) is 5.04. The molecule has 0 aliphatic rings. The van der Waals surface area contributed by atoms with Gasteiger partial charge in [0.05, 0.1) is 11.4 Å². The van der Waals surface area contributed by atoms with E-state index in [0.29, 0.717) is 5.75 Å². The maximum Gasteiger partial charge on any atom is 0.234 e. The van der Waals surface area contributed by atoms with Crippen LogP contribution in [0.3, 0.4) is 0 Å². The van der Waals surface area contributed by atoms with Gasteiger partial charge >= 0.3 is 0 Å². The van der Waals surface area contributed by atoms with Crippen LogP contribution in [-0.2, 0) is 4.79 Å². The number of carbonyl (C=O) groups is 1. The lowest BCUT2D eigenvalue weighted by atomic mass is 9.99. The van der Waals surface area contributed by atoms with Crippen molar-refractivity contribution < 1.29 is 4.79 Å². The molecule has 1 amide bonds. The summed E-state index contributed by atoms with van der Waals surface area (Å²) < 4.78 is 0. The SMILES string of the molecule is Cc1cc(C)c(NC(=O)CSc2ccc(-c3cc(C)c(C)cc3C)nn2)c(C)c1. The fraction of sp³-hybridized carbons (Fsp3) is 0.292. The molecule has 0 aliphatic heterocycles. The number of aryl methyl sites for hydroxylation is 6. The van der Waals surface area contributed by atoms with E-state index in [2.05, 4.69) is 67.5 Å². The second kappa shape index (κ2) is 8.78. The monoisotopic (exact) mass is 405 g/mol. The highest BCUT2D eigenvalue weighted by molar-refractivity contribution is 7.99. The Labute approximate surface area is 177 Å². The van der Waals surface area contributed by atoms with Crippen molar-refractivity contribution in [3.8, 4) is 11.3 Å². The van der Waals surface area contributed by atoms with Crippen molar-refractivity contribution in [3.05, 3.63) is 69.8 Å². The molecule has 2 aromatic carbocycles. The molecule has 0 saturated carbocycles. The second-order valence-corrected chi connectivity index (χ2v) is 8.61. The van der Waals surface area contributed by atoms with Gasteiger partial charge in [0.1, 0.15) is 5.03 Å². The number of nitrogens with zero attached hydrogens (tertiary/aromatic N) is 2. The first-order chi connectivity index (χ1) is 13.7. The predicted octanol–water partition coefficient (Wildman–Crippen LogP) is 5.72. The number of rotatable bonds is 5. The van der Waals surface area contributed by atoms with Crippen molar-refractivity contribution in [1.82, 2.24) is 10.2 Å². The Morgan fingerprint density at radius 2 is 1.48 bits per heavy atom. The molecule has 0 saturated heterocycles. The molecule has 5 heteroatoms. The zero-order chi connectivity index (χ0) is 21.1. The minimum Gasteiger partial charge on any atom is -0.325 e. The third-order valence-corrected chi connectivity index (χ3v) is 5.97. The Kier molecular flexibility index (Phi) is 6.38. The van der Waals surface area contributed by atoms with Gasteiger partial charge in [-0.3, -0.25) is 4.79 Å². The van der Waals surface area contributed by atoms with Crippen LogP contribution in [0.4, 0.5) is 5.69 Å². The molecule has 0 fully saturated rings. The summed E-state index contributed by atoms with van der Waals surface area (Å²) in [4.78, 5) is 12.4. The molecule has 0 aliphatic carbocycles. The number of carbonyl (C=O) groups excluding carboxylic acids is 1. The van der Waals surface area contributed by atoms with E-state index in [4.69, 9.17) is 0 Å². The first-order valence-corrected chi connectivity index (χ1v) is 10.7. The summed E-state index contributed by atoms with van der Waals surface area (Å²) >= 11 is 1.39. The fourth-order valence-electron chi connectivity index (χ4n) is 3.47. The van der Waals surface area contributed by atoms with Gasteiger partial charge in [-0.25, -0.2) is 0 Å². The third-order valence-electron chi connectivity index (χ3n) is 5.05. The van der Waals surface area contributed by atoms with E-state index in [1.165, 1.54) is 34.0 Å².